The van der Waals surface area contributed by atoms with E-state index in [1.54, 1.807) is 6.20 Å². The van der Waals surface area contributed by atoms with E-state index in [0.29, 0.717) is 31.3 Å². The molecule has 146 valence electrons. The highest BCUT2D eigenvalue weighted by atomic mass is 16.5. The number of aliphatic hydroxyl groups excluding tert-OH is 2. The molecule has 6 nitrogen and oxygen atoms in total. The lowest BCUT2D eigenvalue weighted by atomic mass is 9.88. The third kappa shape index (κ3) is 5.25. The molecule has 0 bridgehead atoms. The topological polar surface area (TPSA) is 87.5 Å². The van der Waals surface area contributed by atoms with Gasteiger partial charge in [0, 0.05) is 36.5 Å². The summed E-state index contributed by atoms with van der Waals surface area (Å²) in [4.78, 5) is 8.93. The van der Waals surface area contributed by atoms with Gasteiger partial charge < -0.3 is 20.3 Å². The maximum atomic E-state index is 10.3. The van der Waals surface area contributed by atoms with Crippen molar-refractivity contribution in [1.82, 2.24) is 15.3 Å². The monoisotopic (exact) mass is 371 g/mol. The number of nitrogens with zero attached hydrogens (tertiary/aromatic N) is 2. The first kappa shape index (κ1) is 19.7. The average Bonchev–Trinajstić information content (AvgIpc) is 2.94. The quantitative estimate of drug-likeness (QED) is 0.657. The van der Waals surface area contributed by atoms with E-state index in [2.05, 4.69) is 29.1 Å². The van der Waals surface area contributed by atoms with Gasteiger partial charge in [0.2, 0.25) is 0 Å². The number of hydrogen-bond donors (Lipinski definition) is 3. The molecule has 1 saturated carbocycles. The normalized spacial score (nSPS) is 25.1. The number of para-hydroxylation sites is 1. The zero-order chi connectivity index (χ0) is 19.2. The van der Waals surface area contributed by atoms with Crippen molar-refractivity contribution in [1.29, 1.82) is 0 Å². The van der Waals surface area contributed by atoms with Crippen LogP contribution >= 0.6 is 0 Å². The summed E-state index contributed by atoms with van der Waals surface area (Å²) in [5.41, 5.74) is 0.907. The Bertz CT molecular complexity index is 711. The SMILES string of the molecule is CC(C)N[C@@H]1C[C@@H](O)[C@H](CO)[C@H]1Cc1ccnc(COc2ccccc2)n1. The largest absolute Gasteiger partial charge is 0.486 e. The van der Waals surface area contributed by atoms with Crippen LogP contribution in [0.25, 0.3) is 0 Å². The second kappa shape index (κ2) is 9.26. The summed E-state index contributed by atoms with van der Waals surface area (Å²) in [6.07, 6.45) is 2.60. The minimum atomic E-state index is -0.487. The molecule has 2 aromatic rings. The van der Waals surface area contributed by atoms with Crippen LogP contribution in [-0.4, -0.2) is 45.0 Å². The molecular formula is C21H29N3O3. The van der Waals surface area contributed by atoms with Crippen LogP contribution in [0.3, 0.4) is 0 Å². The third-order valence-corrected chi connectivity index (χ3v) is 5.13. The van der Waals surface area contributed by atoms with E-state index in [0.717, 1.165) is 11.4 Å². The molecule has 1 aromatic heterocycles. The molecule has 0 spiro atoms. The van der Waals surface area contributed by atoms with Gasteiger partial charge in [-0.05, 0) is 37.0 Å². The smallest absolute Gasteiger partial charge is 0.166 e. The van der Waals surface area contributed by atoms with E-state index in [1.807, 2.05) is 36.4 Å². The van der Waals surface area contributed by atoms with Crippen LogP contribution < -0.4 is 10.1 Å². The summed E-state index contributed by atoms with van der Waals surface area (Å²) in [6.45, 7) is 4.48. The number of hydrogen-bond acceptors (Lipinski definition) is 6. The number of ether oxygens (including phenoxy) is 1. The van der Waals surface area contributed by atoms with Crippen molar-refractivity contribution in [2.45, 2.75) is 51.5 Å². The van der Waals surface area contributed by atoms with Gasteiger partial charge in [-0.1, -0.05) is 32.0 Å². The minimum absolute atomic E-state index is 0.0167. The van der Waals surface area contributed by atoms with Crippen LogP contribution in [0.1, 0.15) is 31.8 Å². The number of aromatic nitrogens is 2. The molecular weight excluding hydrogens is 342 g/mol. The maximum absolute atomic E-state index is 10.3. The zero-order valence-electron chi connectivity index (χ0n) is 16.0. The third-order valence-electron chi connectivity index (χ3n) is 5.13. The van der Waals surface area contributed by atoms with E-state index in [1.165, 1.54) is 0 Å². The average molecular weight is 371 g/mol. The van der Waals surface area contributed by atoms with Crippen LogP contribution in [0.2, 0.25) is 0 Å². The second-order valence-corrected chi connectivity index (χ2v) is 7.51. The van der Waals surface area contributed by atoms with Crippen molar-refractivity contribution >= 4 is 0 Å². The standard InChI is InChI=1S/C21H29N3O3/c1-14(2)23-19-11-20(26)18(12-25)17(19)10-15-8-9-22-21(24-15)13-27-16-6-4-3-5-7-16/h3-9,14,17-20,23,25-26H,10-13H2,1-2H3/t17-,18-,19-,20-/m1/s1. The predicted octanol–water partition coefficient (Wildman–Crippen LogP) is 1.95. The van der Waals surface area contributed by atoms with Gasteiger partial charge in [0.15, 0.2) is 5.82 Å². The van der Waals surface area contributed by atoms with E-state index in [9.17, 15) is 10.2 Å². The fourth-order valence-electron chi connectivity index (χ4n) is 3.89. The summed E-state index contributed by atoms with van der Waals surface area (Å²) in [5.74, 6) is 1.40. The van der Waals surface area contributed by atoms with Crippen molar-refractivity contribution in [3.8, 4) is 5.75 Å². The molecule has 0 amide bonds. The molecule has 1 aliphatic carbocycles. The van der Waals surface area contributed by atoms with E-state index in [-0.39, 0.29) is 24.5 Å². The number of nitrogens with one attached hydrogen (secondary N) is 1. The van der Waals surface area contributed by atoms with Crippen molar-refractivity contribution in [2.75, 3.05) is 6.61 Å². The van der Waals surface area contributed by atoms with Gasteiger partial charge in [-0.25, -0.2) is 9.97 Å². The van der Waals surface area contributed by atoms with Gasteiger partial charge in [-0.3, -0.25) is 0 Å². The van der Waals surface area contributed by atoms with Crippen molar-refractivity contribution in [3.63, 3.8) is 0 Å². The second-order valence-electron chi connectivity index (χ2n) is 7.51. The summed E-state index contributed by atoms with van der Waals surface area (Å²) < 4.78 is 5.73. The molecule has 6 heteroatoms. The zero-order valence-corrected chi connectivity index (χ0v) is 16.0. The Morgan fingerprint density at radius 1 is 1.19 bits per heavy atom. The summed E-state index contributed by atoms with van der Waals surface area (Å²) in [6, 6.07) is 12.0. The Labute approximate surface area is 160 Å². The molecule has 1 aliphatic rings. The highest BCUT2D eigenvalue weighted by molar-refractivity contribution is 5.21. The fraction of sp³-hybridized carbons (Fsp3) is 0.524. The Hall–Kier alpha value is -2.02. The Morgan fingerprint density at radius 3 is 2.67 bits per heavy atom. The van der Waals surface area contributed by atoms with Crippen molar-refractivity contribution < 1.29 is 14.9 Å². The van der Waals surface area contributed by atoms with Crippen LogP contribution in [0.4, 0.5) is 0 Å². The highest BCUT2D eigenvalue weighted by Crippen LogP contribution is 2.34. The summed E-state index contributed by atoms with van der Waals surface area (Å²) in [5, 5.41) is 23.6. The molecule has 0 saturated heterocycles. The molecule has 0 aliphatic heterocycles. The van der Waals surface area contributed by atoms with Gasteiger partial charge in [0.1, 0.15) is 12.4 Å². The molecule has 27 heavy (non-hydrogen) atoms. The van der Waals surface area contributed by atoms with Crippen LogP contribution in [-0.2, 0) is 13.0 Å². The van der Waals surface area contributed by atoms with Gasteiger partial charge in [0.25, 0.3) is 0 Å². The first-order valence-corrected chi connectivity index (χ1v) is 9.60. The van der Waals surface area contributed by atoms with Crippen LogP contribution in [0.5, 0.6) is 5.75 Å². The van der Waals surface area contributed by atoms with Crippen LogP contribution in [0, 0.1) is 11.8 Å². The first-order chi connectivity index (χ1) is 13.1. The lowest BCUT2D eigenvalue weighted by Crippen LogP contribution is -2.40. The molecule has 0 radical (unpaired) electrons. The van der Waals surface area contributed by atoms with Crippen molar-refractivity contribution in [2.24, 2.45) is 11.8 Å². The van der Waals surface area contributed by atoms with Crippen LogP contribution in [0.15, 0.2) is 42.6 Å². The van der Waals surface area contributed by atoms with E-state index >= 15 is 0 Å². The molecule has 3 rings (SSSR count). The molecule has 3 N–H and O–H groups in total. The molecule has 0 unspecified atom stereocenters. The highest BCUT2D eigenvalue weighted by Gasteiger charge is 2.42. The predicted molar refractivity (Wildman–Crippen MR) is 103 cm³/mol. The first-order valence-electron chi connectivity index (χ1n) is 9.60. The number of aliphatic hydroxyl groups is 2. The Kier molecular flexibility index (Phi) is 6.77. The van der Waals surface area contributed by atoms with Gasteiger partial charge in [0.05, 0.1) is 6.10 Å². The minimum Gasteiger partial charge on any atom is -0.486 e. The Balaban J connectivity index is 1.68. The number of rotatable bonds is 8. The number of benzene rings is 1. The van der Waals surface area contributed by atoms with E-state index in [4.69, 9.17) is 4.74 Å². The Morgan fingerprint density at radius 2 is 1.96 bits per heavy atom. The maximum Gasteiger partial charge on any atom is 0.166 e. The van der Waals surface area contributed by atoms with Crippen molar-refractivity contribution in [3.05, 3.63) is 54.1 Å². The summed E-state index contributed by atoms with van der Waals surface area (Å²) >= 11 is 0. The van der Waals surface area contributed by atoms with E-state index < -0.39 is 6.10 Å². The molecule has 4 atom stereocenters. The van der Waals surface area contributed by atoms with Gasteiger partial charge >= 0.3 is 0 Å². The lowest BCUT2D eigenvalue weighted by Gasteiger charge is -2.26. The summed E-state index contributed by atoms with van der Waals surface area (Å²) in [7, 11) is 0. The molecule has 1 aromatic carbocycles. The fourth-order valence-corrected chi connectivity index (χ4v) is 3.89. The van der Waals surface area contributed by atoms with Gasteiger partial charge in [-0.15, -0.1) is 0 Å². The molecule has 1 fully saturated rings. The molecule has 1 heterocycles. The van der Waals surface area contributed by atoms with Gasteiger partial charge in [-0.2, -0.15) is 0 Å². The lowest BCUT2D eigenvalue weighted by molar-refractivity contribution is 0.0715.